The van der Waals surface area contributed by atoms with Crippen LogP contribution in [0.3, 0.4) is 0 Å². The Kier molecular flexibility index (Phi) is 5.76. The summed E-state index contributed by atoms with van der Waals surface area (Å²) in [6.07, 6.45) is 1.67. The van der Waals surface area contributed by atoms with Crippen LogP contribution in [-0.4, -0.2) is 20.1 Å². The number of rotatable bonds is 3. The highest BCUT2D eigenvalue weighted by molar-refractivity contribution is 5.93. The van der Waals surface area contributed by atoms with Crippen LogP contribution in [0.5, 0.6) is 0 Å². The summed E-state index contributed by atoms with van der Waals surface area (Å²) in [4.78, 5) is 18.2. The molecule has 2 aliphatic rings. The average molecular weight is 523 g/mol. The van der Waals surface area contributed by atoms with Crippen molar-refractivity contribution < 1.29 is 13.9 Å². The van der Waals surface area contributed by atoms with Crippen molar-refractivity contribution in [1.82, 2.24) is 15.0 Å². The quantitative estimate of drug-likeness (QED) is 0.278. The maximum absolute atomic E-state index is 15.3. The van der Waals surface area contributed by atoms with Gasteiger partial charge in [0.05, 0.1) is 29.2 Å². The van der Waals surface area contributed by atoms with Gasteiger partial charge in [-0.1, -0.05) is 51.1 Å². The molecule has 6 rings (SSSR count). The number of alkyl halides is 1. The molecule has 2 aliphatic carbocycles. The summed E-state index contributed by atoms with van der Waals surface area (Å²) < 4.78 is 29.2. The summed E-state index contributed by atoms with van der Waals surface area (Å²) in [5.74, 6) is 0.113. The fourth-order valence-corrected chi connectivity index (χ4v) is 6.87. The Bertz CT molecular complexity index is 1720. The first-order chi connectivity index (χ1) is 18.7. The molecule has 2 heterocycles. The number of halogens is 2. The zero-order chi connectivity index (χ0) is 27.5. The normalized spacial score (nSPS) is 21.8. The zero-order valence-corrected chi connectivity index (χ0v) is 22.1. The van der Waals surface area contributed by atoms with Gasteiger partial charge in [-0.15, -0.1) is 0 Å². The van der Waals surface area contributed by atoms with Crippen LogP contribution >= 0.6 is 0 Å². The van der Waals surface area contributed by atoms with E-state index in [1.165, 1.54) is 6.07 Å². The van der Waals surface area contributed by atoms with Crippen LogP contribution in [0.2, 0.25) is 0 Å². The summed E-state index contributed by atoms with van der Waals surface area (Å²) >= 11 is 0. The van der Waals surface area contributed by atoms with Gasteiger partial charge in [0.25, 0.3) is 0 Å². The van der Waals surface area contributed by atoms with Crippen molar-refractivity contribution in [3.63, 3.8) is 0 Å². The van der Waals surface area contributed by atoms with Crippen molar-refractivity contribution in [2.45, 2.75) is 52.1 Å². The summed E-state index contributed by atoms with van der Waals surface area (Å²) in [6, 6.07) is 15.7. The van der Waals surface area contributed by atoms with Crippen molar-refractivity contribution in [2.24, 2.45) is 11.3 Å². The first-order valence-corrected chi connectivity index (χ1v) is 13.1. The van der Waals surface area contributed by atoms with E-state index in [0.717, 1.165) is 23.1 Å². The molecule has 196 valence electrons. The molecule has 0 saturated carbocycles. The lowest BCUT2D eigenvalue weighted by molar-refractivity contribution is 0.0625. The third-order valence-corrected chi connectivity index (χ3v) is 8.70. The number of nitrogens with zero attached hydrogens (tertiary/aromatic N) is 4. The van der Waals surface area contributed by atoms with Gasteiger partial charge in [0.2, 0.25) is 5.70 Å². The second-order valence-corrected chi connectivity index (χ2v) is 11.3. The molecule has 0 amide bonds. The number of pyridine rings is 1. The summed E-state index contributed by atoms with van der Waals surface area (Å²) in [7, 11) is 0. The zero-order valence-electron chi connectivity index (χ0n) is 22.1. The Balaban J connectivity index is 1.70. The number of benzene rings is 2. The molecule has 2 aromatic heterocycles. The first-order valence-electron chi connectivity index (χ1n) is 13.1. The molecule has 5 nitrogen and oxygen atoms in total. The summed E-state index contributed by atoms with van der Waals surface area (Å²) in [5.41, 5.74) is 3.10. The first kappa shape index (κ1) is 25.1. The molecular formula is C32H28F2N4O. The van der Waals surface area contributed by atoms with E-state index >= 15 is 4.39 Å². The molecule has 0 radical (unpaired) electrons. The highest BCUT2D eigenvalue weighted by Crippen LogP contribution is 2.59. The maximum atomic E-state index is 15.3. The number of para-hydroxylation sites is 1. The van der Waals surface area contributed by atoms with Gasteiger partial charge in [0.1, 0.15) is 18.3 Å². The van der Waals surface area contributed by atoms with E-state index in [0.29, 0.717) is 46.7 Å². The SMILES string of the molecule is [C-]#[N+]C1=C(O)C(C)(C)[C@H]2CCc3c(-c4ccccc4F)nc(-c4cc(CF)nc5ccccc45)nc3[C@]2(C)C1. The van der Waals surface area contributed by atoms with Crippen LogP contribution in [0.1, 0.15) is 50.6 Å². The van der Waals surface area contributed by atoms with Crippen molar-refractivity contribution in [2.75, 3.05) is 0 Å². The van der Waals surface area contributed by atoms with E-state index < -0.39 is 17.5 Å². The van der Waals surface area contributed by atoms with Gasteiger partial charge in [-0.2, -0.15) is 0 Å². The maximum Gasteiger partial charge on any atom is 0.203 e. The molecule has 4 aromatic rings. The monoisotopic (exact) mass is 522 g/mol. The molecule has 0 aliphatic heterocycles. The predicted molar refractivity (Wildman–Crippen MR) is 147 cm³/mol. The number of aromatic nitrogens is 3. The van der Waals surface area contributed by atoms with E-state index in [4.69, 9.17) is 16.5 Å². The van der Waals surface area contributed by atoms with Crippen LogP contribution in [-0.2, 0) is 18.5 Å². The lowest BCUT2D eigenvalue weighted by Gasteiger charge is -2.52. The topological polar surface area (TPSA) is 63.3 Å². The number of aliphatic hydroxyl groups excluding tert-OH is 1. The van der Waals surface area contributed by atoms with Gasteiger partial charge in [0.15, 0.2) is 5.82 Å². The highest BCUT2D eigenvalue weighted by atomic mass is 19.1. The fraction of sp³-hybridized carbons (Fsp3) is 0.312. The third-order valence-electron chi connectivity index (χ3n) is 8.70. The molecule has 1 N–H and O–H groups in total. The van der Waals surface area contributed by atoms with Crippen LogP contribution in [0, 0.1) is 23.7 Å². The number of hydrogen-bond donors (Lipinski definition) is 1. The second kappa shape index (κ2) is 8.94. The summed E-state index contributed by atoms with van der Waals surface area (Å²) in [6.45, 7) is 13.1. The lowest BCUT2D eigenvalue weighted by atomic mass is 9.52. The van der Waals surface area contributed by atoms with Gasteiger partial charge >= 0.3 is 0 Å². The largest absolute Gasteiger partial charge is 0.523 e. The van der Waals surface area contributed by atoms with Crippen LogP contribution in [0.15, 0.2) is 66.1 Å². The third kappa shape index (κ3) is 3.73. The molecule has 0 unspecified atom stereocenters. The Morgan fingerprint density at radius 2 is 1.77 bits per heavy atom. The Hall–Kier alpha value is -4.18. The van der Waals surface area contributed by atoms with E-state index in [1.54, 1.807) is 24.3 Å². The van der Waals surface area contributed by atoms with Crippen molar-refractivity contribution in [3.05, 3.63) is 100 Å². The van der Waals surface area contributed by atoms with Crippen LogP contribution in [0.4, 0.5) is 8.78 Å². The smallest absolute Gasteiger partial charge is 0.203 e. The predicted octanol–water partition coefficient (Wildman–Crippen LogP) is 7.91. The minimum atomic E-state index is -0.741. The molecule has 39 heavy (non-hydrogen) atoms. The van der Waals surface area contributed by atoms with E-state index in [-0.39, 0.29) is 23.2 Å². The highest BCUT2D eigenvalue weighted by Gasteiger charge is 2.55. The Labute approximate surface area is 226 Å². The molecule has 0 spiro atoms. The van der Waals surface area contributed by atoms with Gasteiger partial charge in [-0.05, 0) is 49.4 Å². The average Bonchev–Trinajstić information content (AvgIpc) is 2.94. The van der Waals surface area contributed by atoms with Gasteiger partial charge in [-0.25, -0.2) is 28.6 Å². The molecule has 2 atom stereocenters. The van der Waals surface area contributed by atoms with Crippen LogP contribution in [0.25, 0.3) is 38.4 Å². The van der Waals surface area contributed by atoms with Crippen molar-refractivity contribution >= 4 is 10.9 Å². The molecule has 0 fully saturated rings. The number of fused-ring (bicyclic) bond motifs is 4. The molecule has 0 saturated heterocycles. The van der Waals surface area contributed by atoms with Crippen LogP contribution < -0.4 is 0 Å². The van der Waals surface area contributed by atoms with Crippen molar-refractivity contribution in [1.29, 1.82) is 0 Å². The van der Waals surface area contributed by atoms with E-state index in [9.17, 15) is 9.50 Å². The van der Waals surface area contributed by atoms with Gasteiger partial charge < -0.3 is 5.11 Å². The second-order valence-electron chi connectivity index (χ2n) is 11.3. The minimum absolute atomic E-state index is 0.00481. The number of hydrogen-bond acceptors (Lipinski definition) is 4. The number of aliphatic hydroxyl groups is 1. The number of allylic oxidation sites excluding steroid dienone is 2. The summed E-state index contributed by atoms with van der Waals surface area (Å²) in [5, 5.41) is 11.8. The Morgan fingerprint density at radius 3 is 2.51 bits per heavy atom. The molecule has 7 heteroatoms. The fourth-order valence-electron chi connectivity index (χ4n) is 6.87. The van der Waals surface area contributed by atoms with E-state index in [1.807, 2.05) is 38.1 Å². The van der Waals surface area contributed by atoms with Crippen molar-refractivity contribution in [3.8, 4) is 22.6 Å². The lowest BCUT2D eigenvalue weighted by Crippen LogP contribution is -2.49. The van der Waals surface area contributed by atoms with E-state index in [2.05, 4.69) is 16.8 Å². The molecule has 2 aromatic carbocycles. The minimum Gasteiger partial charge on any atom is -0.523 e. The standard InChI is InChI=1S/C32H28F2N4O/c1-31(2)26-14-13-21-27(20-10-5-7-11-23(20)34)37-30(38-28(21)32(26,3)16-25(35-4)29(31)39)22-15-18(17-33)36-24-12-8-6-9-19(22)24/h5-12,15,26,39H,13-14,16-17H2,1-3H3/t26-,32-/m1/s1. The van der Waals surface area contributed by atoms with Gasteiger partial charge in [-0.3, -0.25) is 0 Å². The van der Waals surface area contributed by atoms with Gasteiger partial charge in [0, 0.05) is 32.9 Å². The Morgan fingerprint density at radius 1 is 1.03 bits per heavy atom. The molecule has 0 bridgehead atoms. The molecular weight excluding hydrogens is 494 g/mol.